The minimum atomic E-state index is -0.503. The molecule has 8 nitrogen and oxygen atoms in total. The first kappa shape index (κ1) is 18.6. The quantitative estimate of drug-likeness (QED) is 0.367. The fourth-order valence-electron chi connectivity index (χ4n) is 2.86. The predicted molar refractivity (Wildman–Crippen MR) is 108 cm³/mol. The van der Waals surface area contributed by atoms with Gasteiger partial charge in [-0.2, -0.15) is 4.98 Å². The normalized spacial score (nSPS) is 11.4. The third-order valence-electron chi connectivity index (χ3n) is 4.04. The summed E-state index contributed by atoms with van der Waals surface area (Å²) in [5.74, 6) is 0.961. The van der Waals surface area contributed by atoms with Gasteiger partial charge in [-0.1, -0.05) is 23.4 Å². The van der Waals surface area contributed by atoms with Gasteiger partial charge in [0.2, 0.25) is 5.71 Å². The summed E-state index contributed by atoms with van der Waals surface area (Å²) in [4.78, 5) is 28.6. The molecular formula is C18H16ClN5O3S. The van der Waals surface area contributed by atoms with Crippen LogP contribution in [-0.4, -0.2) is 32.5 Å². The zero-order valence-corrected chi connectivity index (χ0v) is 16.6. The van der Waals surface area contributed by atoms with E-state index in [1.807, 2.05) is 12.1 Å². The number of fused-ring (bicyclic) bond motifs is 2. The summed E-state index contributed by atoms with van der Waals surface area (Å²) in [6.45, 7) is 3.65. The number of ether oxygens (including phenoxy) is 1. The van der Waals surface area contributed by atoms with E-state index in [2.05, 4.69) is 19.9 Å². The Bertz CT molecular complexity index is 1200. The van der Waals surface area contributed by atoms with Crippen LogP contribution in [0, 0.1) is 6.92 Å². The first-order chi connectivity index (χ1) is 13.5. The number of aryl methyl sites for hydroxylation is 1. The van der Waals surface area contributed by atoms with Gasteiger partial charge in [0.25, 0.3) is 0 Å². The molecule has 144 valence electrons. The lowest BCUT2D eigenvalue weighted by Gasteiger charge is -2.03. The molecule has 0 saturated heterocycles. The van der Waals surface area contributed by atoms with Gasteiger partial charge in [-0.3, -0.25) is 0 Å². The van der Waals surface area contributed by atoms with Crippen LogP contribution in [-0.2, 0) is 10.5 Å². The minimum absolute atomic E-state index is 0.178. The van der Waals surface area contributed by atoms with Crippen molar-refractivity contribution in [3.63, 3.8) is 0 Å². The average Bonchev–Trinajstić information content (AvgIpc) is 3.19. The Morgan fingerprint density at radius 3 is 2.96 bits per heavy atom. The third kappa shape index (κ3) is 3.38. The Balaban J connectivity index is 1.61. The summed E-state index contributed by atoms with van der Waals surface area (Å²) < 4.78 is 10.7. The lowest BCUT2D eigenvalue weighted by molar-refractivity contribution is 0.0526. The molecule has 0 aliphatic rings. The molecule has 0 atom stereocenters. The molecule has 1 aromatic carbocycles. The largest absolute Gasteiger partial charge is 0.462 e. The number of aromatic nitrogens is 4. The molecule has 0 fully saturated rings. The van der Waals surface area contributed by atoms with Crippen LogP contribution in [0.3, 0.4) is 0 Å². The number of thioether (sulfide) groups is 1. The maximum Gasteiger partial charge on any atom is 0.342 e. The number of nitrogens with zero attached hydrogens (tertiary/aromatic N) is 3. The summed E-state index contributed by atoms with van der Waals surface area (Å²) >= 11 is 7.42. The lowest BCUT2D eigenvalue weighted by Crippen LogP contribution is -2.07. The van der Waals surface area contributed by atoms with Crippen molar-refractivity contribution in [3.05, 3.63) is 40.4 Å². The fraction of sp³-hybridized carbons (Fsp3) is 0.222. The minimum Gasteiger partial charge on any atom is -0.462 e. The van der Waals surface area contributed by atoms with Crippen LogP contribution in [0.1, 0.15) is 28.9 Å². The SMILES string of the molecule is CCOC(=O)c1c(C)oc2nc(CSc3nc4ccc(Cl)cc4[nH]3)nc(N)c12. The van der Waals surface area contributed by atoms with E-state index >= 15 is 0 Å². The van der Waals surface area contributed by atoms with Crippen molar-refractivity contribution >= 4 is 57.3 Å². The maximum atomic E-state index is 12.2. The van der Waals surface area contributed by atoms with E-state index in [0.29, 0.717) is 32.9 Å². The average molecular weight is 418 g/mol. The van der Waals surface area contributed by atoms with Crippen molar-refractivity contribution in [2.24, 2.45) is 0 Å². The number of aromatic amines is 1. The van der Waals surface area contributed by atoms with Gasteiger partial charge in [-0.05, 0) is 32.0 Å². The van der Waals surface area contributed by atoms with Crippen molar-refractivity contribution in [1.82, 2.24) is 19.9 Å². The third-order valence-corrected chi connectivity index (χ3v) is 5.15. The Kier molecular flexibility index (Phi) is 4.86. The summed E-state index contributed by atoms with van der Waals surface area (Å²) in [6, 6.07) is 5.45. The lowest BCUT2D eigenvalue weighted by atomic mass is 10.2. The fourth-order valence-corrected chi connectivity index (χ4v) is 3.77. The van der Waals surface area contributed by atoms with Crippen LogP contribution >= 0.6 is 23.4 Å². The van der Waals surface area contributed by atoms with E-state index < -0.39 is 5.97 Å². The Hall–Kier alpha value is -2.78. The number of H-pyrrole nitrogens is 1. The van der Waals surface area contributed by atoms with Crippen LogP contribution in [0.25, 0.3) is 22.1 Å². The van der Waals surface area contributed by atoms with E-state index in [-0.39, 0.29) is 23.7 Å². The highest BCUT2D eigenvalue weighted by Gasteiger charge is 2.24. The van der Waals surface area contributed by atoms with Crippen molar-refractivity contribution in [3.8, 4) is 0 Å². The molecule has 3 aromatic heterocycles. The first-order valence-electron chi connectivity index (χ1n) is 8.47. The van der Waals surface area contributed by atoms with Gasteiger partial charge in [-0.15, -0.1) is 0 Å². The number of esters is 1. The number of nitrogens with two attached hydrogens (primary N) is 1. The van der Waals surface area contributed by atoms with Crippen LogP contribution in [0.5, 0.6) is 0 Å². The molecule has 0 unspecified atom stereocenters. The summed E-state index contributed by atoms with van der Waals surface area (Å²) in [7, 11) is 0. The number of hydrogen-bond acceptors (Lipinski definition) is 8. The van der Waals surface area contributed by atoms with Gasteiger partial charge >= 0.3 is 5.97 Å². The number of nitrogens with one attached hydrogen (secondary N) is 1. The Labute approximate surface area is 168 Å². The number of hydrogen-bond donors (Lipinski definition) is 2. The number of halogens is 1. The van der Waals surface area contributed by atoms with Crippen LogP contribution in [0.2, 0.25) is 5.02 Å². The monoisotopic (exact) mass is 417 g/mol. The molecule has 0 bridgehead atoms. The van der Waals surface area contributed by atoms with Gasteiger partial charge in [-0.25, -0.2) is 14.8 Å². The molecule has 3 heterocycles. The number of nitrogen functional groups attached to an aromatic ring is 1. The number of carbonyl (C=O) groups excluding carboxylic acids is 1. The van der Waals surface area contributed by atoms with E-state index in [1.165, 1.54) is 11.8 Å². The van der Waals surface area contributed by atoms with Crippen molar-refractivity contribution in [1.29, 1.82) is 0 Å². The zero-order chi connectivity index (χ0) is 19.8. The maximum absolute atomic E-state index is 12.2. The molecule has 0 aliphatic carbocycles. The Morgan fingerprint density at radius 1 is 1.36 bits per heavy atom. The molecule has 0 amide bonds. The van der Waals surface area contributed by atoms with E-state index in [0.717, 1.165) is 11.0 Å². The predicted octanol–water partition coefficient (Wildman–Crippen LogP) is 4.11. The highest BCUT2D eigenvalue weighted by atomic mass is 35.5. The second-order valence-corrected chi connectivity index (χ2v) is 7.35. The van der Waals surface area contributed by atoms with Gasteiger partial charge in [0.15, 0.2) is 5.16 Å². The molecule has 0 radical (unpaired) electrons. The molecule has 28 heavy (non-hydrogen) atoms. The van der Waals surface area contributed by atoms with E-state index in [4.69, 9.17) is 26.5 Å². The molecular weight excluding hydrogens is 402 g/mol. The molecule has 0 spiro atoms. The number of rotatable bonds is 5. The van der Waals surface area contributed by atoms with Gasteiger partial charge < -0.3 is 19.9 Å². The summed E-state index contributed by atoms with van der Waals surface area (Å²) in [6.07, 6.45) is 0. The van der Waals surface area contributed by atoms with Crippen LogP contribution < -0.4 is 5.73 Å². The highest BCUT2D eigenvalue weighted by Crippen LogP contribution is 2.30. The molecule has 4 rings (SSSR count). The standard InChI is InChI=1S/C18H16ClN5O3S/c1-3-26-17(25)13-8(2)27-16-14(13)15(20)23-12(24-16)7-28-18-21-10-5-4-9(19)6-11(10)22-18/h4-6H,3,7H2,1-2H3,(H,21,22)(H2,20,23,24). The smallest absolute Gasteiger partial charge is 0.342 e. The van der Waals surface area contributed by atoms with Gasteiger partial charge in [0, 0.05) is 5.02 Å². The number of carbonyl (C=O) groups is 1. The van der Waals surface area contributed by atoms with E-state index in [1.54, 1.807) is 19.9 Å². The number of anilines is 1. The van der Waals surface area contributed by atoms with Crippen LogP contribution in [0.15, 0.2) is 27.8 Å². The van der Waals surface area contributed by atoms with Crippen molar-refractivity contribution in [2.75, 3.05) is 12.3 Å². The van der Waals surface area contributed by atoms with E-state index in [9.17, 15) is 4.79 Å². The van der Waals surface area contributed by atoms with Gasteiger partial charge in [0.05, 0.1) is 28.8 Å². The number of furan rings is 1. The topological polar surface area (TPSA) is 120 Å². The van der Waals surface area contributed by atoms with Crippen molar-refractivity contribution < 1.29 is 13.9 Å². The molecule has 0 aliphatic heterocycles. The second kappa shape index (κ2) is 7.33. The highest BCUT2D eigenvalue weighted by molar-refractivity contribution is 7.98. The second-order valence-electron chi connectivity index (χ2n) is 5.95. The molecule has 4 aromatic rings. The van der Waals surface area contributed by atoms with Gasteiger partial charge in [0.1, 0.15) is 23.0 Å². The summed E-state index contributed by atoms with van der Waals surface area (Å²) in [5.41, 5.74) is 8.29. The first-order valence-corrected chi connectivity index (χ1v) is 9.83. The van der Waals surface area contributed by atoms with Crippen molar-refractivity contribution in [2.45, 2.75) is 24.8 Å². The number of imidazole rings is 1. The zero-order valence-electron chi connectivity index (χ0n) is 15.1. The number of benzene rings is 1. The Morgan fingerprint density at radius 2 is 2.18 bits per heavy atom. The molecule has 3 N–H and O–H groups in total. The molecule has 0 saturated carbocycles. The van der Waals surface area contributed by atoms with Crippen LogP contribution in [0.4, 0.5) is 5.82 Å². The molecule has 10 heteroatoms. The summed E-state index contributed by atoms with van der Waals surface area (Å²) in [5, 5.41) is 1.73.